The van der Waals surface area contributed by atoms with E-state index in [0.717, 1.165) is 32.1 Å². The highest BCUT2D eigenvalue weighted by Crippen LogP contribution is 2.43. The van der Waals surface area contributed by atoms with Crippen LogP contribution in [0, 0.1) is 0 Å². The molecule has 0 saturated carbocycles. The molecule has 0 spiro atoms. The third-order valence-corrected chi connectivity index (χ3v) is 11.9. The number of aliphatic hydroxyl groups excluding tert-OH is 1. The Kier molecular flexibility index (Phi) is 40.5. The van der Waals surface area contributed by atoms with E-state index in [1.165, 1.54) is 114 Å². The number of nitrogens with two attached hydrogens (primary N) is 2. The molecule has 12 nitrogen and oxygen atoms in total. The van der Waals surface area contributed by atoms with Crippen molar-refractivity contribution in [1.29, 1.82) is 0 Å². The van der Waals surface area contributed by atoms with Crippen molar-refractivity contribution >= 4 is 31.5 Å². The van der Waals surface area contributed by atoms with E-state index < -0.39 is 49.9 Å². The second kappa shape index (κ2) is 42.1. The van der Waals surface area contributed by atoms with Gasteiger partial charge >= 0.3 is 19.8 Å². The number of carboxylic acid groups (broad SMARTS) is 1. The molecule has 0 aromatic rings. The van der Waals surface area contributed by atoms with Gasteiger partial charge in [0.15, 0.2) is 6.10 Å². The minimum absolute atomic E-state index is 0.0148. The number of allylic oxidation sites excluding steroid dienone is 8. The number of thioether (sulfide) groups is 1. The summed E-state index contributed by atoms with van der Waals surface area (Å²) in [7, 11) is -4.45. The highest BCUT2D eigenvalue weighted by molar-refractivity contribution is 8.00. The molecular formula is C46H83N2O10PS. The van der Waals surface area contributed by atoms with Crippen LogP contribution in [0.25, 0.3) is 0 Å². The van der Waals surface area contributed by atoms with Gasteiger partial charge in [-0.15, -0.1) is 11.8 Å². The van der Waals surface area contributed by atoms with E-state index in [1.54, 1.807) is 12.2 Å². The zero-order valence-electron chi connectivity index (χ0n) is 37.1. The van der Waals surface area contributed by atoms with Crippen molar-refractivity contribution < 1.29 is 47.8 Å². The zero-order chi connectivity index (χ0) is 44.4. The van der Waals surface area contributed by atoms with Crippen LogP contribution in [0.1, 0.15) is 162 Å². The molecule has 60 heavy (non-hydrogen) atoms. The molecule has 0 rings (SSSR count). The minimum Gasteiger partial charge on any atom is -0.498 e. The molecule has 0 aromatic heterocycles. The molecule has 0 aliphatic carbocycles. The Hall–Kier alpha value is -2.22. The van der Waals surface area contributed by atoms with Crippen LogP contribution in [0.3, 0.4) is 0 Å². The maximum Gasteiger partial charge on any atom is 0.472 e. The Labute approximate surface area is 367 Å². The van der Waals surface area contributed by atoms with Crippen molar-refractivity contribution in [3.05, 3.63) is 60.9 Å². The van der Waals surface area contributed by atoms with E-state index in [9.17, 15) is 24.2 Å². The highest BCUT2D eigenvalue weighted by atomic mass is 32.2. The number of rotatable bonds is 43. The quantitative estimate of drug-likeness (QED) is 0.00968. The maximum absolute atomic E-state index is 13.1. The number of phosphoric ester groups is 1. The molecule has 7 N–H and O–H groups in total. The van der Waals surface area contributed by atoms with Gasteiger partial charge in [-0.05, 0) is 51.0 Å². The van der Waals surface area contributed by atoms with Gasteiger partial charge in [-0.25, -0.2) is 4.57 Å². The predicted octanol–water partition coefficient (Wildman–Crippen LogP) is 10.6. The van der Waals surface area contributed by atoms with Crippen LogP contribution in [-0.2, 0) is 32.7 Å². The zero-order valence-corrected chi connectivity index (χ0v) is 38.8. The molecule has 5 atom stereocenters. The fraction of sp³-hybridized carbons (Fsp3) is 0.739. The number of hydrogen-bond acceptors (Lipinski definition) is 11. The van der Waals surface area contributed by atoms with E-state index in [1.807, 2.05) is 30.4 Å². The lowest BCUT2D eigenvalue weighted by Crippen LogP contribution is -2.40. The number of phosphoric acid groups is 1. The van der Waals surface area contributed by atoms with Crippen LogP contribution >= 0.6 is 19.6 Å². The number of hydrogen-bond donors (Lipinski definition) is 5. The van der Waals surface area contributed by atoms with E-state index in [-0.39, 0.29) is 38.4 Å². The summed E-state index contributed by atoms with van der Waals surface area (Å²) >= 11 is 1.24. The summed E-state index contributed by atoms with van der Waals surface area (Å²) in [5, 5.41) is 19.5. The molecule has 0 radical (unpaired) electrons. The summed E-state index contributed by atoms with van der Waals surface area (Å²) in [5.74, 6) is -1.65. The smallest absolute Gasteiger partial charge is 0.472 e. The maximum atomic E-state index is 13.1. The van der Waals surface area contributed by atoms with E-state index >= 15 is 0 Å². The van der Waals surface area contributed by atoms with Gasteiger partial charge < -0.3 is 36.0 Å². The number of aliphatic hydroxyl groups is 1. The van der Waals surface area contributed by atoms with Crippen LogP contribution in [0.4, 0.5) is 0 Å². The van der Waals surface area contributed by atoms with E-state index in [4.69, 9.17) is 35.1 Å². The summed E-state index contributed by atoms with van der Waals surface area (Å²) in [6.45, 7) is 3.63. The number of unbranched alkanes of at least 4 members (excludes halogenated alkanes) is 17. The first kappa shape index (κ1) is 57.8. The Morgan fingerprint density at radius 2 is 1.32 bits per heavy atom. The van der Waals surface area contributed by atoms with Gasteiger partial charge in [-0.3, -0.25) is 18.6 Å². The van der Waals surface area contributed by atoms with Crippen molar-refractivity contribution in [2.45, 2.75) is 185 Å². The molecule has 348 valence electrons. The molecule has 0 aliphatic heterocycles. The monoisotopic (exact) mass is 887 g/mol. The first-order chi connectivity index (χ1) is 29.1. The molecule has 0 aromatic carbocycles. The number of ether oxygens (including phenoxy) is 2. The Bertz CT molecular complexity index is 1230. The van der Waals surface area contributed by atoms with Crippen molar-refractivity contribution in [3.63, 3.8) is 0 Å². The number of aliphatic carboxylic acids is 1. The Balaban J connectivity index is 5.02. The van der Waals surface area contributed by atoms with Crippen molar-refractivity contribution in [1.82, 2.24) is 0 Å². The normalized spacial score (nSPS) is 15.4. The van der Waals surface area contributed by atoms with Crippen molar-refractivity contribution in [2.75, 3.05) is 32.1 Å². The van der Waals surface area contributed by atoms with Gasteiger partial charge in [0.1, 0.15) is 12.6 Å². The number of carboxylic acids is 1. The number of esters is 1. The third kappa shape index (κ3) is 38.7. The molecule has 0 bridgehead atoms. The molecule has 0 saturated heterocycles. The molecule has 0 fully saturated rings. The van der Waals surface area contributed by atoms with Crippen LogP contribution in [-0.4, -0.2) is 82.7 Å². The van der Waals surface area contributed by atoms with Gasteiger partial charge in [-0.1, -0.05) is 159 Å². The second-order valence-corrected chi connectivity index (χ2v) is 17.9. The molecule has 0 heterocycles. The fourth-order valence-corrected chi connectivity index (χ4v) is 7.87. The van der Waals surface area contributed by atoms with Gasteiger partial charge in [0.2, 0.25) is 0 Å². The summed E-state index contributed by atoms with van der Waals surface area (Å²) in [5.41, 5.74) is 11.6. The topological polar surface area (TPSA) is 201 Å². The molecule has 0 aliphatic rings. The fourth-order valence-electron chi connectivity index (χ4n) is 5.97. The largest absolute Gasteiger partial charge is 0.498 e. The number of carbonyl (C=O) groups is 2. The van der Waals surface area contributed by atoms with E-state index in [0.29, 0.717) is 6.42 Å². The molecular weight excluding hydrogens is 804 g/mol. The lowest BCUT2D eigenvalue weighted by atomic mass is 10.0. The third-order valence-electron chi connectivity index (χ3n) is 9.50. The van der Waals surface area contributed by atoms with Crippen LogP contribution in [0.5, 0.6) is 0 Å². The standard InChI is InChI=1S/C46H83N2O10PS/c1-3-5-7-9-11-13-15-17-18-19-20-22-24-26-28-30-36-55-38-41(39-57-59(53,54)56-37-35-47)58-46(52)42(48)40-60-44(43(49)32-31-34-45(50)51)33-29-27-25-23-21-16-14-12-10-8-6-4-2/h12,14,21,23,25,27,29-30,33,36,41-44,49H,3-11,13,15-20,22,24,26,28,31-32,34-35,37-40,47-48H2,1-2H3,(H,50,51)(H,53,54)/b14-12-,23-21-,27-25+,33-29+,36-30+/t41-,42+,43+,44-/m1/s1. The Morgan fingerprint density at radius 1 is 0.733 bits per heavy atom. The Morgan fingerprint density at radius 3 is 1.95 bits per heavy atom. The van der Waals surface area contributed by atoms with Crippen LogP contribution in [0.2, 0.25) is 0 Å². The first-order valence-corrected chi connectivity index (χ1v) is 25.3. The number of carbonyl (C=O) groups excluding carboxylic acids is 1. The van der Waals surface area contributed by atoms with Crippen LogP contribution < -0.4 is 11.5 Å². The average Bonchev–Trinajstić information content (AvgIpc) is 3.22. The molecule has 1 unspecified atom stereocenters. The lowest BCUT2D eigenvalue weighted by molar-refractivity contribution is -0.154. The van der Waals surface area contributed by atoms with Gasteiger partial charge in [0.25, 0.3) is 0 Å². The lowest BCUT2D eigenvalue weighted by Gasteiger charge is -2.23. The van der Waals surface area contributed by atoms with Gasteiger partial charge in [0, 0.05) is 24.0 Å². The summed E-state index contributed by atoms with van der Waals surface area (Å²) in [6.07, 6.45) is 42.1. The van der Waals surface area contributed by atoms with Crippen molar-refractivity contribution in [3.8, 4) is 0 Å². The van der Waals surface area contributed by atoms with Gasteiger partial charge in [0.05, 0.1) is 25.6 Å². The summed E-state index contributed by atoms with van der Waals surface area (Å²) < 4.78 is 33.3. The highest BCUT2D eigenvalue weighted by Gasteiger charge is 2.28. The summed E-state index contributed by atoms with van der Waals surface area (Å²) in [6, 6.07) is -1.11. The van der Waals surface area contributed by atoms with Gasteiger partial charge in [-0.2, -0.15) is 0 Å². The molecule has 0 amide bonds. The second-order valence-electron chi connectivity index (χ2n) is 15.2. The first-order valence-electron chi connectivity index (χ1n) is 22.8. The summed E-state index contributed by atoms with van der Waals surface area (Å²) in [4.78, 5) is 34.1. The SMILES string of the molecule is CCCCC/C=C\C\C=C/C=C/C=C/[C@@H](SC[C@H](N)C(=O)O[C@H](CO/C=C/CCCCCCCCCCCCCCCC)COP(=O)(O)OCCN)[C@@H](O)CCCC(=O)O. The molecule has 14 heteroatoms. The van der Waals surface area contributed by atoms with Crippen LogP contribution in [0.15, 0.2) is 60.9 Å². The van der Waals surface area contributed by atoms with Crippen molar-refractivity contribution in [2.24, 2.45) is 11.5 Å². The predicted molar refractivity (Wildman–Crippen MR) is 248 cm³/mol. The average molecular weight is 887 g/mol. The van der Waals surface area contributed by atoms with E-state index in [2.05, 4.69) is 26.0 Å². The minimum atomic E-state index is -4.45.